The van der Waals surface area contributed by atoms with Crippen molar-refractivity contribution in [1.82, 2.24) is 0 Å². The minimum Gasteiger partial charge on any atom is -0.334 e. The van der Waals surface area contributed by atoms with Crippen molar-refractivity contribution in [1.29, 1.82) is 0 Å². The number of hydrogen-bond acceptors (Lipinski definition) is 1. The highest BCUT2D eigenvalue weighted by Gasteiger charge is 2.34. The molecule has 0 saturated carbocycles. The first kappa shape index (κ1) is 19.4. The van der Waals surface area contributed by atoms with Crippen molar-refractivity contribution >= 4 is 28.2 Å². The van der Waals surface area contributed by atoms with Crippen molar-refractivity contribution in [3.05, 3.63) is 138 Å². The number of rotatable bonds is 2. The monoisotopic (exact) mass is 435 g/mol. The molecule has 0 aromatic heterocycles. The molecule has 0 bridgehead atoms. The van der Waals surface area contributed by atoms with Crippen LogP contribution in [0.4, 0.5) is 11.4 Å². The normalized spacial score (nSPS) is 18.0. The van der Waals surface area contributed by atoms with E-state index in [1.165, 1.54) is 55.5 Å². The predicted octanol–water partition coefficient (Wildman–Crippen LogP) is 8.88. The van der Waals surface area contributed by atoms with E-state index < -0.39 is 0 Å². The molecule has 1 aliphatic heterocycles. The van der Waals surface area contributed by atoms with Gasteiger partial charge in [-0.25, -0.2) is 0 Å². The van der Waals surface area contributed by atoms with Gasteiger partial charge in [0, 0.05) is 17.2 Å². The smallest absolute Gasteiger partial charge is 0.0572 e. The van der Waals surface area contributed by atoms with E-state index in [1.807, 2.05) is 0 Å². The lowest BCUT2D eigenvalue weighted by Crippen LogP contribution is -2.27. The van der Waals surface area contributed by atoms with Gasteiger partial charge in [-0.1, -0.05) is 103 Å². The molecule has 1 nitrogen and oxygen atoms in total. The lowest BCUT2D eigenvalue weighted by Gasteiger charge is -2.41. The number of benzene rings is 5. The summed E-state index contributed by atoms with van der Waals surface area (Å²) in [4.78, 5) is 2.53. The predicted molar refractivity (Wildman–Crippen MR) is 144 cm³/mol. The Morgan fingerprint density at radius 2 is 1.41 bits per heavy atom. The van der Waals surface area contributed by atoms with Gasteiger partial charge in [-0.2, -0.15) is 0 Å². The van der Waals surface area contributed by atoms with Gasteiger partial charge in [0.2, 0.25) is 0 Å². The minimum atomic E-state index is 0.212. The van der Waals surface area contributed by atoms with E-state index in [1.54, 1.807) is 0 Å². The molecule has 0 spiro atoms. The molecular formula is C33H25N. The van der Waals surface area contributed by atoms with E-state index in [0.717, 1.165) is 0 Å². The maximum absolute atomic E-state index is 2.53. The van der Waals surface area contributed by atoms with Gasteiger partial charge in [-0.15, -0.1) is 0 Å². The van der Waals surface area contributed by atoms with Gasteiger partial charge in [0.05, 0.1) is 11.7 Å². The number of hydrogen-bond donors (Lipinski definition) is 0. The van der Waals surface area contributed by atoms with Crippen molar-refractivity contribution in [2.75, 3.05) is 4.90 Å². The van der Waals surface area contributed by atoms with E-state index in [9.17, 15) is 0 Å². The van der Waals surface area contributed by atoms with Crippen LogP contribution in [0.3, 0.4) is 0 Å². The summed E-state index contributed by atoms with van der Waals surface area (Å²) in [6, 6.07) is 40.1. The second kappa shape index (κ2) is 7.46. The quantitative estimate of drug-likeness (QED) is 0.268. The standard InChI is InChI=1S/C33H25N/c1-22-32-29(28-20-18-23-10-5-7-14-26(23)28)16-9-17-30(32)33-27-15-8-6-11-24(27)19-21-31(33)34(22)25-12-3-2-4-13-25/h2-22,28H,1H3. The second-order valence-electron chi connectivity index (χ2n) is 9.34. The largest absolute Gasteiger partial charge is 0.334 e. The van der Waals surface area contributed by atoms with Crippen molar-refractivity contribution in [3.63, 3.8) is 0 Å². The SMILES string of the molecule is CC1c2c(cccc2C2C=Cc3ccccc32)-c2c(ccc3ccccc23)N1c1ccccc1. The summed E-state index contributed by atoms with van der Waals surface area (Å²) >= 11 is 0. The Bertz CT molecular complexity index is 1580. The Hall–Kier alpha value is -4.10. The molecule has 162 valence electrons. The summed E-state index contributed by atoms with van der Waals surface area (Å²) in [5.74, 6) is 0.280. The van der Waals surface area contributed by atoms with E-state index in [4.69, 9.17) is 0 Å². The molecule has 0 N–H and O–H groups in total. The first-order valence-electron chi connectivity index (χ1n) is 12.1. The molecule has 7 rings (SSSR count). The molecule has 1 heteroatoms. The third-order valence-corrected chi connectivity index (χ3v) is 7.55. The molecular weight excluding hydrogens is 410 g/mol. The summed E-state index contributed by atoms with van der Waals surface area (Å²) in [6.07, 6.45) is 4.66. The average Bonchev–Trinajstić information content (AvgIpc) is 3.33. The van der Waals surface area contributed by atoms with Gasteiger partial charge in [-0.05, 0) is 63.7 Å². The molecule has 2 atom stereocenters. The highest BCUT2D eigenvalue weighted by Crippen LogP contribution is 2.53. The Morgan fingerprint density at radius 3 is 2.32 bits per heavy atom. The third kappa shape index (κ3) is 2.74. The number of anilines is 2. The summed E-state index contributed by atoms with van der Waals surface area (Å²) in [6.45, 7) is 2.36. The second-order valence-corrected chi connectivity index (χ2v) is 9.34. The molecule has 0 radical (unpaired) electrons. The zero-order valence-corrected chi connectivity index (χ0v) is 19.1. The first-order valence-corrected chi connectivity index (χ1v) is 12.1. The maximum Gasteiger partial charge on any atom is 0.0572 e. The first-order chi connectivity index (χ1) is 16.8. The summed E-state index contributed by atoms with van der Waals surface area (Å²) in [7, 11) is 0. The molecule has 2 aliphatic rings. The van der Waals surface area contributed by atoms with E-state index in [2.05, 4.69) is 133 Å². The van der Waals surface area contributed by atoms with Gasteiger partial charge >= 0.3 is 0 Å². The highest BCUT2D eigenvalue weighted by atomic mass is 15.2. The highest BCUT2D eigenvalue weighted by molar-refractivity contribution is 6.06. The number of allylic oxidation sites excluding steroid dienone is 1. The van der Waals surface area contributed by atoms with Gasteiger partial charge in [-0.3, -0.25) is 0 Å². The lowest BCUT2D eigenvalue weighted by atomic mass is 9.79. The van der Waals surface area contributed by atoms with E-state index >= 15 is 0 Å². The summed E-state index contributed by atoms with van der Waals surface area (Å²) in [5, 5.41) is 2.60. The molecule has 0 amide bonds. The van der Waals surface area contributed by atoms with Crippen molar-refractivity contribution in [3.8, 4) is 11.1 Å². The molecule has 1 aliphatic carbocycles. The van der Waals surface area contributed by atoms with Gasteiger partial charge in [0.15, 0.2) is 0 Å². The van der Waals surface area contributed by atoms with Gasteiger partial charge < -0.3 is 4.90 Å². The van der Waals surface area contributed by atoms with E-state index in [-0.39, 0.29) is 12.0 Å². The molecule has 5 aromatic rings. The molecule has 0 fully saturated rings. The van der Waals surface area contributed by atoms with Crippen LogP contribution in [0.25, 0.3) is 28.0 Å². The third-order valence-electron chi connectivity index (χ3n) is 7.55. The number of fused-ring (bicyclic) bond motifs is 6. The summed E-state index contributed by atoms with van der Waals surface area (Å²) in [5.41, 5.74) is 10.8. The van der Waals surface area contributed by atoms with Crippen molar-refractivity contribution in [2.24, 2.45) is 0 Å². The Morgan fingerprint density at radius 1 is 0.647 bits per heavy atom. The Balaban J connectivity index is 1.55. The Labute approximate surface area is 200 Å². The minimum absolute atomic E-state index is 0.212. The fourth-order valence-corrected chi connectivity index (χ4v) is 6.09. The fourth-order valence-electron chi connectivity index (χ4n) is 6.09. The zero-order valence-electron chi connectivity index (χ0n) is 19.1. The number of para-hydroxylation sites is 1. The van der Waals surface area contributed by atoms with Gasteiger partial charge in [0.25, 0.3) is 0 Å². The van der Waals surface area contributed by atoms with Crippen LogP contribution in [0.2, 0.25) is 0 Å². The van der Waals surface area contributed by atoms with Crippen LogP contribution in [0.5, 0.6) is 0 Å². The summed E-state index contributed by atoms with van der Waals surface area (Å²) < 4.78 is 0. The maximum atomic E-state index is 2.53. The topological polar surface area (TPSA) is 3.24 Å². The Kier molecular flexibility index (Phi) is 4.25. The molecule has 1 heterocycles. The average molecular weight is 436 g/mol. The molecule has 2 unspecified atom stereocenters. The van der Waals surface area contributed by atoms with Crippen LogP contribution >= 0.6 is 0 Å². The van der Waals surface area contributed by atoms with Crippen molar-refractivity contribution < 1.29 is 0 Å². The van der Waals surface area contributed by atoms with Crippen LogP contribution in [0, 0.1) is 0 Å². The van der Waals surface area contributed by atoms with Crippen LogP contribution in [-0.4, -0.2) is 0 Å². The molecule has 0 saturated heterocycles. The zero-order chi connectivity index (χ0) is 22.6. The van der Waals surface area contributed by atoms with Crippen LogP contribution in [0.1, 0.15) is 41.1 Å². The molecule has 34 heavy (non-hydrogen) atoms. The van der Waals surface area contributed by atoms with Crippen LogP contribution in [-0.2, 0) is 0 Å². The lowest BCUT2D eigenvalue weighted by molar-refractivity contribution is 0.751. The van der Waals surface area contributed by atoms with Crippen LogP contribution in [0.15, 0.2) is 115 Å². The van der Waals surface area contributed by atoms with Gasteiger partial charge in [0.1, 0.15) is 0 Å². The molecule has 5 aromatic carbocycles. The van der Waals surface area contributed by atoms with Crippen LogP contribution < -0.4 is 4.90 Å². The van der Waals surface area contributed by atoms with E-state index in [0.29, 0.717) is 0 Å². The number of nitrogens with zero attached hydrogens (tertiary/aromatic N) is 1. The fraction of sp³-hybridized carbons (Fsp3) is 0.0909. The van der Waals surface area contributed by atoms with Crippen molar-refractivity contribution in [2.45, 2.75) is 18.9 Å².